The molecule has 0 aliphatic rings. The molecule has 0 fully saturated rings. The fourth-order valence-corrected chi connectivity index (χ4v) is 4.45. The van der Waals surface area contributed by atoms with Crippen LogP contribution in [0, 0.1) is 0 Å². The highest BCUT2D eigenvalue weighted by molar-refractivity contribution is 5.76. The molecule has 1 amide bonds. The maximum absolute atomic E-state index is 12.2. The molecule has 0 saturated heterocycles. The van der Waals surface area contributed by atoms with E-state index in [1.165, 1.54) is 83.5 Å². The van der Waals surface area contributed by atoms with Gasteiger partial charge in [-0.2, -0.15) is 0 Å². The van der Waals surface area contributed by atoms with Crippen LogP contribution in [0.5, 0.6) is 0 Å². The number of nitrogens with one attached hydrogen (secondary N) is 1. The van der Waals surface area contributed by atoms with E-state index in [-0.39, 0.29) is 12.5 Å². The zero-order valence-corrected chi connectivity index (χ0v) is 25.6. The van der Waals surface area contributed by atoms with Crippen LogP contribution in [0.3, 0.4) is 0 Å². The van der Waals surface area contributed by atoms with Crippen LogP contribution in [0.1, 0.15) is 149 Å². The molecule has 0 aromatic carbocycles. The lowest BCUT2D eigenvalue weighted by atomic mass is 10.1. The molecule has 0 spiro atoms. The van der Waals surface area contributed by atoms with Gasteiger partial charge in [0, 0.05) is 6.42 Å². The molecule has 4 nitrogen and oxygen atoms in total. The van der Waals surface area contributed by atoms with E-state index in [0.29, 0.717) is 6.42 Å². The lowest BCUT2D eigenvalue weighted by molar-refractivity contribution is -0.122. The van der Waals surface area contributed by atoms with Crippen molar-refractivity contribution < 1.29 is 15.0 Å². The van der Waals surface area contributed by atoms with Crippen LogP contribution >= 0.6 is 0 Å². The topological polar surface area (TPSA) is 69.6 Å². The zero-order chi connectivity index (χ0) is 28.7. The van der Waals surface area contributed by atoms with Crippen LogP contribution in [0.4, 0.5) is 0 Å². The van der Waals surface area contributed by atoms with Crippen LogP contribution < -0.4 is 5.32 Å². The Kier molecular flexibility index (Phi) is 29.6. The fraction of sp³-hybridized carbons (Fsp3) is 0.743. The van der Waals surface area contributed by atoms with Gasteiger partial charge < -0.3 is 15.5 Å². The number of unbranched alkanes of at least 4 members (excludes halogenated alkanes) is 15. The van der Waals surface area contributed by atoms with Gasteiger partial charge >= 0.3 is 0 Å². The first kappa shape index (κ1) is 37.4. The van der Waals surface area contributed by atoms with Crippen molar-refractivity contribution >= 4 is 5.91 Å². The standard InChI is InChI=1S/C35H63NO3/c1-3-5-7-9-11-13-14-15-16-17-18-19-20-21-23-24-26-28-30-34(38)33(32-37)36-35(39)31-29-27-25-22-12-10-8-6-4-2/h17-18,21-23,25,28,30,33-34,37-38H,3-16,19-20,24,26-27,29,31-32H2,1-2H3,(H,36,39)/b18-17+,23-21+,25-22-,30-28+. The largest absolute Gasteiger partial charge is 0.394 e. The highest BCUT2D eigenvalue weighted by Crippen LogP contribution is 2.10. The Labute approximate surface area is 242 Å². The number of amides is 1. The van der Waals surface area contributed by atoms with Gasteiger partial charge in [0.2, 0.25) is 5.91 Å². The lowest BCUT2D eigenvalue weighted by Gasteiger charge is -2.19. The Hall–Kier alpha value is -1.65. The zero-order valence-electron chi connectivity index (χ0n) is 25.6. The van der Waals surface area contributed by atoms with E-state index in [0.717, 1.165) is 44.9 Å². The summed E-state index contributed by atoms with van der Waals surface area (Å²) in [4.78, 5) is 12.2. The monoisotopic (exact) mass is 545 g/mol. The molecule has 226 valence electrons. The molecule has 0 bridgehead atoms. The third-order valence-corrected chi connectivity index (χ3v) is 7.01. The van der Waals surface area contributed by atoms with Crippen molar-refractivity contribution in [3.63, 3.8) is 0 Å². The van der Waals surface area contributed by atoms with Crippen molar-refractivity contribution in [2.45, 2.75) is 161 Å². The highest BCUT2D eigenvalue weighted by atomic mass is 16.3. The third kappa shape index (κ3) is 27.7. The van der Waals surface area contributed by atoms with Crippen LogP contribution in [0.2, 0.25) is 0 Å². The molecule has 4 heteroatoms. The summed E-state index contributed by atoms with van der Waals surface area (Å²) in [7, 11) is 0. The van der Waals surface area contributed by atoms with E-state index in [1.807, 2.05) is 6.08 Å². The summed E-state index contributed by atoms with van der Waals surface area (Å²) in [5, 5.41) is 22.7. The van der Waals surface area contributed by atoms with Gasteiger partial charge in [0.05, 0.1) is 18.8 Å². The second-order valence-electron chi connectivity index (χ2n) is 10.8. The van der Waals surface area contributed by atoms with Crippen molar-refractivity contribution in [2.75, 3.05) is 6.61 Å². The molecular weight excluding hydrogens is 482 g/mol. The van der Waals surface area contributed by atoms with Gasteiger partial charge in [-0.1, -0.05) is 127 Å². The summed E-state index contributed by atoms with van der Waals surface area (Å²) in [5.74, 6) is -0.118. The summed E-state index contributed by atoms with van der Waals surface area (Å²) in [6.07, 6.45) is 40.5. The van der Waals surface area contributed by atoms with E-state index >= 15 is 0 Å². The first-order chi connectivity index (χ1) is 19.2. The predicted molar refractivity (Wildman–Crippen MR) is 170 cm³/mol. The summed E-state index contributed by atoms with van der Waals surface area (Å²) < 4.78 is 0. The van der Waals surface area contributed by atoms with Crippen LogP contribution in [0.25, 0.3) is 0 Å². The van der Waals surface area contributed by atoms with Gasteiger partial charge in [0.1, 0.15) is 0 Å². The molecule has 0 aliphatic heterocycles. The maximum atomic E-state index is 12.2. The minimum Gasteiger partial charge on any atom is -0.394 e. The van der Waals surface area contributed by atoms with Crippen molar-refractivity contribution in [2.24, 2.45) is 0 Å². The van der Waals surface area contributed by atoms with Crippen molar-refractivity contribution in [3.8, 4) is 0 Å². The second kappa shape index (κ2) is 30.9. The Bertz CT molecular complexity index is 638. The quantitative estimate of drug-likeness (QED) is 0.0677. The summed E-state index contributed by atoms with van der Waals surface area (Å²) in [6.45, 7) is 4.21. The van der Waals surface area contributed by atoms with Crippen molar-refractivity contribution in [1.29, 1.82) is 0 Å². The molecule has 2 atom stereocenters. The molecule has 0 radical (unpaired) electrons. The van der Waals surface area contributed by atoms with Gasteiger partial charge in [-0.25, -0.2) is 0 Å². The Morgan fingerprint density at radius 3 is 1.51 bits per heavy atom. The van der Waals surface area contributed by atoms with E-state index in [9.17, 15) is 15.0 Å². The number of aliphatic hydroxyl groups is 2. The van der Waals surface area contributed by atoms with Gasteiger partial charge in [0.15, 0.2) is 0 Å². The number of carbonyl (C=O) groups is 1. The van der Waals surface area contributed by atoms with Crippen LogP contribution in [0.15, 0.2) is 48.6 Å². The molecule has 0 heterocycles. The van der Waals surface area contributed by atoms with E-state index in [4.69, 9.17) is 0 Å². The molecule has 2 unspecified atom stereocenters. The number of hydrogen-bond donors (Lipinski definition) is 3. The predicted octanol–water partition coefficient (Wildman–Crippen LogP) is 9.28. The minimum atomic E-state index is -0.878. The Morgan fingerprint density at radius 2 is 1.00 bits per heavy atom. The third-order valence-electron chi connectivity index (χ3n) is 7.01. The number of hydrogen-bond acceptors (Lipinski definition) is 3. The van der Waals surface area contributed by atoms with Gasteiger partial charge in [-0.15, -0.1) is 0 Å². The first-order valence-electron chi connectivity index (χ1n) is 16.4. The van der Waals surface area contributed by atoms with Crippen LogP contribution in [-0.4, -0.2) is 34.9 Å². The van der Waals surface area contributed by atoms with E-state index < -0.39 is 12.1 Å². The number of allylic oxidation sites excluding steroid dienone is 7. The molecule has 0 saturated carbocycles. The second-order valence-corrected chi connectivity index (χ2v) is 10.8. The highest BCUT2D eigenvalue weighted by Gasteiger charge is 2.17. The average Bonchev–Trinajstić information content (AvgIpc) is 2.94. The lowest BCUT2D eigenvalue weighted by Crippen LogP contribution is -2.45. The Morgan fingerprint density at radius 1 is 0.590 bits per heavy atom. The first-order valence-corrected chi connectivity index (χ1v) is 16.4. The van der Waals surface area contributed by atoms with Crippen molar-refractivity contribution in [1.82, 2.24) is 5.32 Å². The van der Waals surface area contributed by atoms with Gasteiger partial charge in [-0.05, 0) is 64.2 Å². The normalized spacial score (nSPS) is 13.8. The fourth-order valence-electron chi connectivity index (χ4n) is 4.45. The van der Waals surface area contributed by atoms with E-state index in [2.05, 4.69) is 55.6 Å². The molecule has 0 aromatic rings. The van der Waals surface area contributed by atoms with Crippen LogP contribution in [-0.2, 0) is 4.79 Å². The van der Waals surface area contributed by atoms with E-state index in [1.54, 1.807) is 6.08 Å². The smallest absolute Gasteiger partial charge is 0.220 e. The Balaban J connectivity index is 3.78. The van der Waals surface area contributed by atoms with Gasteiger partial charge in [0.25, 0.3) is 0 Å². The average molecular weight is 546 g/mol. The molecule has 0 rings (SSSR count). The number of carbonyl (C=O) groups excluding carboxylic acids is 1. The summed E-state index contributed by atoms with van der Waals surface area (Å²) in [6, 6.07) is -0.656. The minimum absolute atomic E-state index is 0.118. The summed E-state index contributed by atoms with van der Waals surface area (Å²) >= 11 is 0. The molecule has 0 aromatic heterocycles. The maximum Gasteiger partial charge on any atom is 0.220 e. The SMILES string of the molecule is CCCCCC/C=C\CCCC(=O)NC(CO)C(O)/C=C/CC/C=C/CC/C=C/CCCCCCCCCC. The molecule has 39 heavy (non-hydrogen) atoms. The molecule has 3 N–H and O–H groups in total. The van der Waals surface area contributed by atoms with Gasteiger partial charge in [-0.3, -0.25) is 4.79 Å². The molecule has 0 aliphatic carbocycles. The number of rotatable bonds is 28. The number of aliphatic hydroxyl groups excluding tert-OH is 2. The summed E-state index contributed by atoms with van der Waals surface area (Å²) in [5.41, 5.74) is 0. The van der Waals surface area contributed by atoms with Crippen molar-refractivity contribution in [3.05, 3.63) is 48.6 Å². The molecular formula is C35H63NO3.